The predicted molar refractivity (Wildman–Crippen MR) is 58.5 cm³/mol. The molecule has 0 spiro atoms. The van der Waals surface area contributed by atoms with Crippen LogP contribution in [0.3, 0.4) is 0 Å². The molecule has 1 aromatic rings. The summed E-state index contributed by atoms with van der Waals surface area (Å²) in [6, 6.07) is 0. The molecule has 8 heteroatoms. The quantitative estimate of drug-likeness (QED) is 0.471. The Morgan fingerprint density at radius 1 is 1.69 bits per heavy atom. The second-order valence-electron chi connectivity index (χ2n) is 3.80. The van der Waals surface area contributed by atoms with E-state index in [0.29, 0.717) is 0 Å². The van der Waals surface area contributed by atoms with Crippen LogP contribution in [-0.4, -0.2) is 32.1 Å². The van der Waals surface area contributed by atoms with Crippen molar-refractivity contribution in [2.75, 3.05) is 11.9 Å². The highest BCUT2D eigenvalue weighted by Crippen LogP contribution is 2.22. The Hall–Kier alpha value is -1.47. The first-order chi connectivity index (χ1) is 7.29. The van der Waals surface area contributed by atoms with Crippen molar-refractivity contribution < 1.29 is 10.0 Å². The smallest absolute Gasteiger partial charge is 0.329 e. The van der Waals surface area contributed by atoms with Crippen molar-refractivity contribution in [1.29, 1.82) is 0 Å². The third-order valence-electron chi connectivity index (χ3n) is 1.63. The summed E-state index contributed by atoms with van der Waals surface area (Å²) >= 11 is 5.52. The molecule has 0 atom stereocenters. The van der Waals surface area contributed by atoms with Crippen molar-refractivity contribution in [2.45, 2.75) is 19.4 Å². The number of halogens is 1. The zero-order valence-electron chi connectivity index (χ0n) is 8.77. The topological polar surface area (TPSA) is 101 Å². The van der Waals surface area contributed by atoms with Gasteiger partial charge in [0.1, 0.15) is 6.20 Å². The van der Waals surface area contributed by atoms with Gasteiger partial charge < -0.3 is 10.4 Å². The molecule has 0 aromatic carbocycles. The largest absolute Gasteiger partial charge is 0.389 e. The summed E-state index contributed by atoms with van der Waals surface area (Å²) in [6.45, 7) is 3.24. The standard InChI is InChI=1S/C8H11ClN4O3/c1-8(2,14)4-11-6-5(13(15)16)3-10-7(9)12-6/h3,14H,4H2,1-2H3,(H,10,11,12). The maximum atomic E-state index is 10.6. The zero-order chi connectivity index (χ0) is 12.3. The van der Waals surface area contributed by atoms with Gasteiger partial charge in [-0.3, -0.25) is 10.1 Å². The molecule has 0 unspecified atom stereocenters. The van der Waals surface area contributed by atoms with Crippen LogP contribution in [0.25, 0.3) is 0 Å². The highest BCUT2D eigenvalue weighted by molar-refractivity contribution is 6.28. The van der Waals surface area contributed by atoms with Crippen molar-refractivity contribution >= 4 is 23.1 Å². The van der Waals surface area contributed by atoms with Crippen LogP contribution >= 0.6 is 11.6 Å². The highest BCUT2D eigenvalue weighted by atomic mass is 35.5. The number of nitro groups is 1. The van der Waals surface area contributed by atoms with E-state index in [-0.39, 0.29) is 23.3 Å². The summed E-state index contributed by atoms with van der Waals surface area (Å²) in [5.74, 6) is -0.00729. The molecule has 7 nitrogen and oxygen atoms in total. The van der Waals surface area contributed by atoms with E-state index in [2.05, 4.69) is 15.3 Å². The minimum absolute atomic E-state index is 0.00729. The van der Waals surface area contributed by atoms with Crippen LogP contribution in [-0.2, 0) is 0 Å². The lowest BCUT2D eigenvalue weighted by molar-refractivity contribution is -0.384. The van der Waals surface area contributed by atoms with E-state index >= 15 is 0 Å². The van der Waals surface area contributed by atoms with Gasteiger partial charge in [0.2, 0.25) is 11.1 Å². The van der Waals surface area contributed by atoms with Crippen molar-refractivity contribution in [1.82, 2.24) is 9.97 Å². The third kappa shape index (κ3) is 3.59. The van der Waals surface area contributed by atoms with Gasteiger partial charge in [0.05, 0.1) is 10.5 Å². The zero-order valence-corrected chi connectivity index (χ0v) is 9.52. The van der Waals surface area contributed by atoms with E-state index in [9.17, 15) is 15.2 Å². The molecule has 0 aliphatic rings. The van der Waals surface area contributed by atoms with E-state index < -0.39 is 10.5 Å². The Kier molecular flexibility index (Phi) is 3.61. The molecule has 0 fully saturated rings. The minimum atomic E-state index is -1.01. The first-order valence-electron chi connectivity index (χ1n) is 4.43. The maximum Gasteiger partial charge on any atom is 0.329 e. The molecule has 2 N–H and O–H groups in total. The SMILES string of the molecule is CC(C)(O)CNc1nc(Cl)ncc1[N+](=O)[O-]. The minimum Gasteiger partial charge on any atom is -0.389 e. The van der Waals surface area contributed by atoms with E-state index in [4.69, 9.17) is 11.6 Å². The molecule has 16 heavy (non-hydrogen) atoms. The van der Waals surface area contributed by atoms with E-state index in [1.165, 1.54) is 0 Å². The summed E-state index contributed by atoms with van der Waals surface area (Å²) in [5.41, 5.74) is -1.29. The summed E-state index contributed by atoms with van der Waals surface area (Å²) in [7, 11) is 0. The van der Waals surface area contributed by atoms with E-state index in [0.717, 1.165) is 6.20 Å². The van der Waals surface area contributed by atoms with E-state index in [1.54, 1.807) is 13.8 Å². The molecule has 1 rings (SSSR count). The molecule has 1 aromatic heterocycles. The second-order valence-corrected chi connectivity index (χ2v) is 4.13. The number of aromatic nitrogens is 2. The van der Waals surface area contributed by atoms with Gasteiger partial charge in [-0.2, -0.15) is 4.98 Å². The molecule has 0 bridgehead atoms. The first-order valence-corrected chi connectivity index (χ1v) is 4.80. The number of nitrogens with zero attached hydrogens (tertiary/aromatic N) is 3. The molecule has 1 heterocycles. The van der Waals surface area contributed by atoms with Crippen molar-refractivity contribution in [2.24, 2.45) is 0 Å². The van der Waals surface area contributed by atoms with Crippen LogP contribution < -0.4 is 5.32 Å². The second kappa shape index (κ2) is 4.58. The fourth-order valence-corrected chi connectivity index (χ4v) is 1.05. The van der Waals surface area contributed by atoms with E-state index in [1.807, 2.05) is 0 Å². The molecular weight excluding hydrogens is 236 g/mol. The highest BCUT2D eigenvalue weighted by Gasteiger charge is 2.19. The van der Waals surface area contributed by atoms with Gasteiger partial charge >= 0.3 is 5.69 Å². The number of aliphatic hydroxyl groups is 1. The summed E-state index contributed by atoms with van der Waals surface area (Å²) in [6.07, 6.45) is 1.02. The molecule has 88 valence electrons. The Morgan fingerprint density at radius 2 is 2.31 bits per heavy atom. The molecule has 0 saturated carbocycles. The normalized spacial score (nSPS) is 11.2. The molecule has 0 saturated heterocycles. The van der Waals surface area contributed by atoms with Gasteiger partial charge in [-0.15, -0.1) is 0 Å². The van der Waals surface area contributed by atoms with Crippen molar-refractivity contribution in [3.63, 3.8) is 0 Å². The lowest BCUT2D eigenvalue weighted by Gasteiger charge is -2.17. The van der Waals surface area contributed by atoms with Gasteiger partial charge in [0.15, 0.2) is 0 Å². The Morgan fingerprint density at radius 3 is 2.81 bits per heavy atom. The van der Waals surface area contributed by atoms with Gasteiger partial charge in [0, 0.05) is 6.54 Å². The number of rotatable bonds is 4. The Labute approximate surface area is 96.6 Å². The maximum absolute atomic E-state index is 10.6. The summed E-state index contributed by atoms with van der Waals surface area (Å²) in [5, 5.41) is 22.7. The molecule has 0 amide bonds. The third-order valence-corrected chi connectivity index (χ3v) is 1.81. The Bertz CT molecular complexity index is 405. The van der Waals surface area contributed by atoms with Gasteiger partial charge in [-0.05, 0) is 25.4 Å². The number of nitrogens with one attached hydrogen (secondary N) is 1. The fourth-order valence-electron chi connectivity index (χ4n) is 0.918. The summed E-state index contributed by atoms with van der Waals surface area (Å²) in [4.78, 5) is 17.2. The van der Waals surface area contributed by atoms with Crippen LogP contribution in [0.1, 0.15) is 13.8 Å². The lowest BCUT2D eigenvalue weighted by atomic mass is 10.1. The average Bonchev–Trinajstić information content (AvgIpc) is 2.13. The van der Waals surface area contributed by atoms with Crippen LogP contribution in [0.15, 0.2) is 6.20 Å². The predicted octanol–water partition coefficient (Wildman–Crippen LogP) is 1.22. The van der Waals surface area contributed by atoms with Crippen LogP contribution in [0, 0.1) is 10.1 Å². The Balaban J connectivity index is 2.93. The number of anilines is 1. The monoisotopic (exact) mass is 246 g/mol. The van der Waals surface area contributed by atoms with Crippen molar-refractivity contribution in [3.05, 3.63) is 21.6 Å². The fraction of sp³-hybridized carbons (Fsp3) is 0.500. The molecule has 0 aliphatic carbocycles. The van der Waals surface area contributed by atoms with Gasteiger partial charge in [-0.1, -0.05) is 0 Å². The number of hydrogen-bond acceptors (Lipinski definition) is 6. The van der Waals surface area contributed by atoms with Crippen molar-refractivity contribution in [3.8, 4) is 0 Å². The lowest BCUT2D eigenvalue weighted by Crippen LogP contribution is -2.29. The molecule has 0 aliphatic heterocycles. The number of hydrogen-bond donors (Lipinski definition) is 2. The van der Waals surface area contributed by atoms with Crippen LogP contribution in [0.5, 0.6) is 0 Å². The van der Waals surface area contributed by atoms with Crippen LogP contribution in [0.4, 0.5) is 11.5 Å². The molecular formula is C8H11ClN4O3. The molecule has 0 radical (unpaired) electrons. The van der Waals surface area contributed by atoms with Crippen LogP contribution in [0.2, 0.25) is 5.28 Å². The van der Waals surface area contributed by atoms with Gasteiger partial charge in [-0.25, -0.2) is 4.98 Å². The summed E-state index contributed by atoms with van der Waals surface area (Å²) < 4.78 is 0. The van der Waals surface area contributed by atoms with Gasteiger partial charge in [0.25, 0.3) is 0 Å². The average molecular weight is 247 g/mol. The first kappa shape index (κ1) is 12.6.